The van der Waals surface area contributed by atoms with Crippen LogP contribution in [0.2, 0.25) is 0 Å². The van der Waals surface area contributed by atoms with Gasteiger partial charge in [-0.3, -0.25) is 0 Å². The first kappa shape index (κ1) is 24.1. The number of hydrogen-bond acceptors (Lipinski definition) is 5. The molecular weight excluding hydrogens is 422 g/mol. The smallest absolute Gasteiger partial charge is 0.145 e. The zero-order valence-electron chi connectivity index (χ0n) is 21.1. The number of nitrogens with one attached hydrogen (secondary N) is 3. The molecule has 182 valence electrons. The van der Waals surface area contributed by atoms with Gasteiger partial charge in [-0.1, -0.05) is 44.2 Å². The molecule has 3 aliphatic heterocycles. The molecule has 34 heavy (non-hydrogen) atoms. The Morgan fingerprint density at radius 2 is 1.59 bits per heavy atom. The minimum Gasteiger partial charge on any atom is -0.490 e. The Labute approximate surface area is 204 Å². The lowest BCUT2D eigenvalue weighted by molar-refractivity contribution is 0.321. The third kappa shape index (κ3) is 6.28. The van der Waals surface area contributed by atoms with E-state index in [4.69, 9.17) is 9.47 Å². The van der Waals surface area contributed by atoms with Crippen LogP contribution in [0.4, 0.5) is 11.4 Å². The molecule has 0 spiro atoms. The van der Waals surface area contributed by atoms with Gasteiger partial charge in [0.1, 0.15) is 24.7 Å². The molecule has 0 aromatic heterocycles. The normalized spacial score (nSPS) is 18.8. The Balaban J connectivity index is 0.000000121. The Morgan fingerprint density at radius 1 is 0.824 bits per heavy atom. The number of piperidine rings is 1. The highest BCUT2D eigenvalue weighted by Gasteiger charge is 2.27. The summed E-state index contributed by atoms with van der Waals surface area (Å²) in [6.07, 6.45) is 8.42. The van der Waals surface area contributed by atoms with Gasteiger partial charge in [-0.15, -0.1) is 0 Å². The maximum atomic E-state index is 5.49. The summed E-state index contributed by atoms with van der Waals surface area (Å²) in [5, 5.41) is 10.0. The van der Waals surface area contributed by atoms with Crippen molar-refractivity contribution >= 4 is 11.4 Å². The number of allylic oxidation sites excluding steroid dienone is 3. The van der Waals surface area contributed by atoms with Crippen LogP contribution in [0.15, 0.2) is 59.8 Å². The van der Waals surface area contributed by atoms with E-state index in [1.165, 1.54) is 41.7 Å². The summed E-state index contributed by atoms with van der Waals surface area (Å²) in [6.45, 7) is 13.3. The molecule has 3 N–H and O–H groups in total. The summed E-state index contributed by atoms with van der Waals surface area (Å²) in [7, 11) is 0. The minimum absolute atomic E-state index is 0.445. The van der Waals surface area contributed by atoms with Crippen LogP contribution in [-0.2, 0) is 0 Å². The molecule has 0 amide bonds. The lowest BCUT2D eigenvalue weighted by Gasteiger charge is -2.35. The number of anilines is 2. The largest absolute Gasteiger partial charge is 0.490 e. The Hall–Kier alpha value is -3.08. The van der Waals surface area contributed by atoms with Crippen LogP contribution in [0.1, 0.15) is 44.2 Å². The van der Waals surface area contributed by atoms with Gasteiger partial charge < -0.3 is 25.4 Å². The Bertz CT molecular complexity index is 1050. The maximum Gasteiger partial charge on any atom is 0.145 e. The monoisotopic (exact) mass is 461 g/mol. The standard InChI is InChI=1S/C11H17N.2C9H11NO/c1-11(2)7-9-5-3-4-6-10(9)12-8-11;1-7-2-3-8-9(6-7)11-5-4-10-8;1-7-3-2-4-8-9(7)11-6-5-10-8/h5-6,12H,3-4,7-8H2,1-2H3;2-3,6,10H,4-5H2,1H3;2-4,10H,5-6H2,1H3. The average Bonchev–Trinajstić information content (AvgIpc) is 2.84. The fourth-order valence-corrected chi connectivity index (χ4v) is 4.56. The van der Waals surface area contributed by atoms with E-state index in [1.54, 1.807) is 0 Å². The third-order valence-corrected chi connectivity index (χ3v) is 6.37. The van der Waals surface area contributed by atoms with Crippen molar-refractivity contribution < 1.29 is 9.47 Å². The van der Waals surface area contributed by atoms with Gasteiger partial charge in [0.05, 0.1) is 11.4 Å². The van der Waals surface area contributed by atoms with Gasteiger partial charge in [0, 0.05) is 25.3 Å². The molecule has 0 radical (unpaired) electrons. The second-order valence-electron chi connectivity index (χ2n) is 10.1. The summed E-state index contributed by atoms with van der Waals surface area (Å²) in [6, 6.07) is 12.3. The van der Waals surface area contributed by atoms with Crippen molar-refractivity contribution in [2.45, 2.75) is 47.0 Å². The predicted octanol–water partition coefficient (Wildman–Crippen LogP) is 6.21. The quantitative estimate of drug-likeness (QED) is 0.436. The van der Waals surface area contributed by atoms with Crippen LogP contribution < -0.4 is 25.4 Å². The molecule has 2 aromatic rings. The first-order valence-corrected chi connectivity index (χ1v) is 12.5. The maximum absolute atomic E-state index is 5.49. The number of aryl methyl sites for hydroxylation is 2. The van der Waals surface area contributed by atoms with E-state index in [2.05, 4.69) is 80.1 Å². The van der Waals surface area contributed by atoms with Gasteiger partial charge in [0.25, 0.3) is 0 Å². The van der Waals surface area contributed by atoms with Crippen molar-refractivity contribution in [1.82, 2.24) is 5.32 Å². The fourth-order valence-electron chi connectivity index (χ4n) is 4.56. The molecule has 5 nitrogen and oxygen atoms in total. The average molecular weight is 462 g/mol. The van der Waals surface area contributed by atoms with E-state index in [-0.39, 0.29) is 0 Å². The van der Waals surface area contributed by atoms with E-state index in [9.17, 15) is 0 Å². The van der Waals surface area contributed by atoms with Gasteiger partial charge in [-0.2, -0.15) is 0 Å². The SMILES string of the molecule is CC1(C)CNC2=CCCC=C2C1.Cc1ccc2c(c1)OCCN2.Cc1cccc2c1OCCN2. The highest BCUT2D eigenvalue weighted by atomic mass is 16.5. The number of ether oxygens (including phenoxy) is 2. The van der Waals surface area contributed by atoms with Crippen LogP contribution >= 0.6 is 0 Å². The molecule has 0 atom stereocenters. The summed E-state index contributed by atoms with van der Waals surface area (Å²) in [4.78, 5) is 0. The van der Waals surface area contributed by atoms with Crippen LogP contribution in [0.3, 0.4) is 0 Å². The molecule has 4 aliphatic rings. The lowest BCUT2D eigenvalue weighted by atomic mass is 9.79. The van der Waals surface area contributed by atoms with Crippen molar-refractivity contribution in [3.05, 3.63) is 70.9 Å². The van der Waals surface area contributed by atoms with Crippen LogP contribution in [-0.4, -0.2) is 32.8 Å². The summed E-state index contributed by atoms with van der Waals surface area (Å²) >= 11 is 0. The predicted molar refractivity (Wildman–Crippen MR) is 142 cm³/mol. The number of fused-ring (bicyclic) bond motifs is 3. The van der Waals surface area contributed by atoms with Gasteiger partial charge in [-0.05, 0) is 73.4 Å². The second-order valence-corrected chi connectivity index (χ2v) is 10.1. The Morgan fingerprint density at radius 3 is 2.41 bits per heavy atom. The highest BCUT2D eigenvalue weighted by Crippen LogP contribution is 2.34. The summed E-state index contributed by atoms with van der Waals surface area (Å²) in [5.41, 5.74) is 8.07. The van der Waals surface area contributed by atoms with Crippen molar-refractivity contribution in [3.63, 3.8) is 0 Å². The van der Waals surface area contributed by atoms with E-state index in [1.807, 2.05) is 12.1 Å². The first-order chi connectivity index (χ1) is 16.4. The van der Waals surface area contributed by atoms with E-state index >= 15 is 0 Å². The zero-order chi connectivity index (χ0) is 24.0. The minimum atomic E-state index is 0.445. The lowest BCUT2D eigenvalue weighted by Crippen LogP contribution is -2.36. The molecule has 6 rings (SSSR count). The first-order valence-electron chi connectivity index (χ1n) is 12.5. The van der Waals surface area contributed by atoms with E-state index in [0.29, 0.717) is 5.41 Å². The highest BCUT2D eigenvalue weighted by molar-refractivity contribution is 5.61. The van der Waals surface area contributed by atoms with Crippen molar-refractivity contribution in [2.24, 2.45) is 5.41 Å². The van der Waals surface area contributed by atoms with E-state index in [0.717, 1.165) is 55.7 Å². The number of rotatable bonds is 0. The van der Waals surface area contributed by atoms with Crippen molar-refractivity contribution in [3.8, 4) is 11.5 Å². The van der Waals surface area contributed by atoms with Crippen LogP contribution in [0.25, 0.3) is 0 Å². The van der Waals surface area contributed by atoms with Gasteiger partial charge in [0.2, 0.25) is 0 Å². The molecule has 2 aromatic carbocycles. The molecule has 0 bridgehead atoms. The van der Waals surface area contributed by atoms with E-state index < -0.39 is 0 Å². The summed E-state index contributed by atoms with van der Waals surface area (Å²) < 4.78 is 10.9. The van der Waals surface area contributed by atoms with Gasteiger partial charge in [-0.25, -0.2) is 0 Å². The van der Waals surface area contributed by atoms with Crippen molar-refractivity contribution in [1.29, 1.82) is 0 Å². The number of para-hydroxylation sites is 1. The molecule has 0 unspecified atom stereocenters. The molecule has 3 heterocycles. The Kier molecular flexibility index (Phi) is 7.71. The molecular formula is C29H39N3O2. The van der Waals surface area contributed by atoms with Crippen LogP contribution in [0, 0.1) is 19.3 Å². The molecule has 1 aliphatic carbocycles. The fraction of sp³-hybridized carbons (Fsp3) is 0.448. The van der Waals surface area contributed by atoms with Crippen molar-refractivity contribution in [2.75, 3.05) is 43.5 Å². The zero-order valence-corrected chi connectivity index (χ0v) is 21.1. The number of benzene rings is 2. The molecule has 1 saturated heterocycles. The molecule has 5 heteroatoms. The van der Waals surface area contributed by atoms with Crippen LogP contribution in [0.5, 0.6) is 11.5 Å². The second kappa shape index (κ2) is 10.9. The molecule has 0 saturated carbocycles. The number of hydrogen-bond donors (Lipinski definition) is 3. The molecule has 1 fully saturated rings. The topological polar surface area (TPSA) is 54.5 Å². The third-order valence-electron chi connectivity index (χ3n) is 6.37. The summed E-state index contributed by atoms with van der Waals surface area (Å²) in [5.74, 6) is 2.00. The van der Waals surface area contributed by atoms with Gasteiger partial charge >= 0.3 is 0 Å². The van der Waals surface area contributed by atoms with Gasteiger partial charge in [0.15, 0.2) is 0 Å².